The number of hydrogen-bond donors (Lipinski definition) is 2. The van der Waals surface area contributed by atoms with Gasteiger partial charge in [-0.25, -0.2) is 4.99 Å². The van der Waals surface area contributed by atoms with Crippen molar-refractivity contribution in [1.82, 2.24) is 10.6 Å². The standard InChI is InChI=1S/C19H22N4O.C2H6/c1-4-13(12-20-3)14-7-9-15(10-8-14)19(2)18(24)22-17(23-19)16-6-5-11-21-16;1-2/h4,7-10,12,16,21H,1,3,5-6,11H2,2H3,(H,22,23,24);1-2H3/b13-12+;. The van der Waals surface area contributed by atoms with Crippen molar-refractivity contribution in [2.24, 2.45) is 9.98 Å². The van der Waals surface area contributed by atoms with Gasteiger partial charge in [-0.05, 0) is 49.7 Å². The Hall–Kier alpha value is -2.53. The van der Waals surface area contributed by atoms with Gasteiger partial charge >= 0.3 is 0 Å². The van der Waals surface area contributed by atoms with Crippen LogP contribution in [-0.4, -0.2) is 31.0 Å². The molecule has 26 heavy (non-hydrogen) atoms. The molecule has 3 rings (SSSR count). The molecule has 138 valence electrons. The van der Waals surface area contributed by atoms with Gasteiger partial charge in [0.2, 0.25) is 0 Å². The van der Waals surface area contributed by atoms with Gasteiger partial charge in [0.1, 0.15) is 5.84 Å². The van der Waals surface area contributed by atoms with E-state index in [-0.39, 0.29) is 11.9 Å². The van der Waals surface area contributed by atoms with E-state index >= 15 is 0 Å². The summed E-state index contributed by atoms with van der Waals surface area (Å²) in [4.78, 5) is 21.0. The summed E-state index contributed by atoms with van der Waals surface area (Å²) in [6.07, 6.45) is 5.51. The van der Waals surface area contributed by atoms with Crippen LogP contribution in [0.4, 0.5) is 0 Å². The van der Waals surface area contributed by atoms with Crippen LogP contribution in [0.3, 0.4) is 0 Å². The van der Waals surface area contributed by atoms with E-state index in [1.165, 1.54) is 0 Å². The van der Waals surface area contributed by atoms with E-state index in [1.54, 1.807) is 12.3 Å². The fraction of sp³-hybridized carbons (Fsp3) is 0.381. The van der Waals surface area contributed by atoms with Crippen LogP contribution in [0.25, 0.3) is 5.57 Å². The summed E-state index contributed by atoms with van der Waals surface area (Å²) in [7, 11) is 0. The number of carbonyl (C=O) groups excluding carboxylic acids is 1. The topological polar surface area (TPSA) is 65.8 Å². The molecule has 0 aliphatic carbocycles. The second-order valence-corrected chi connectivity index (χ2v) is 6.22. The predicted octanol–water partition coefficient (Wildman–Crippen LogP) is 3.44. The van der Waals surface area contributed by atoms with Gasteiger partial charge in [-0.15, -0.1) is 0 Å². The molecule has 5 nitrogen and oxygen atoms in total. The van der Waals surface area contributed by atoms with Gasteiger partial charge < -0.3 is 10.6 Å². The number of amides is 1. The summed E-state index contributed by atoms with van der Waals surface area (Å²) >= 11 is 0. The highest BCUT2D eigenvalue weighted by molar-refractivity contribution is 6.10. The lowest BCUT2D eigenvalue weighted by atomic mass is 9.91. The number of aliphatic imine (C=N–C) groups is 2. The van der Waals surface area contributed by atoms with Crippen LogP contribution in [0.5, 0.6) is 0 Å². The quantitative estimate of drug-likeness (QED) is 0.630. The number of benzene rings is 1. The average molecular weight is 352 g/mol. The fourth-order valence-electron chi connectivity index (χ4n) is 3.17. The van der Waals surface area contributed by atoms with Gasteiger partial charge in [-0.2, -0.15) is 0 Å². The van der Waals surface area contributed by atoms with Gasteiger partial charge in [0.05, 0.1) is 6.04 Å². The maximum atomic E-state index is 12.5. The number of hydrogen-bond acceptors (Lipinski definition) is 4. The molecule has 1 saturated heterocycles. The Morgan fingerprint density at radius 3 is 2.58 bits per heavy atom. The summed E-state index contributed by atoms with van der Waals surface area (Å²) in [5.74, 6) is 0.679. The zero-order valence-electron chi connectivity index (χ0n) is 15.9. The summed E-state index contributed by atoms with van der Waals surface area (Å²) in [5.41, 5.74) is 1.85. The van der Waals surface area contributed by atoms with Gasteiger partial charge in [-0.1, -0.05) is 50.8 Å². The van der Waals surface area contributed by atoms with Crippen LogP contribution in [-0.2, 0) is 10.3 Å². The summed E-state index contributed by atoms with van der Waals surface area (Å²) < 4.78 is 0. The molecule has 0 spiro atoms. The van der Waals surface area contributed by atoms with Gasteiger partial charge in [-0.3, -0.25) is 9.79 Å². The van der Waals surface area contributed by atoms with Crippen molar-refractivity contribution in [2.45, 2.75) is 45.2 Å². The molecule has 0 aromatic heterocycles. The molecule has 0 bridgehead atoms. The van der Waals surface area contributed by atoms with E-state index in [4.69, 9.17) is 4.99 Å². The van der Waals surface area contributed by atoms with Crippen LogP contribution >= 0.6 is 0 Å². The van der Waals surface area contributed by atoms with E-state index in [2.05, 4.69) is 28.9 Å². The lowest BCUT2D eigenvalue weighted by Crippen LogP contribution is -2.41. The van der Waals surface area contributed by atoms with Gasteiger partial charge in [0.15, 0.2) is 5.54 Å². The van der Waals surface area contributed by atoms with Crippen molar-refractivity contribution in [2.75, 3.05) is 6.54 Å². The lowest BCUT2D eigenvalue weighted by Gasteiger charge is -2.18. The van der Waals surface area contributed by atoms with Crippen molar-refractivity contribution in [3.8, 4) is 0 Å². The minimum atomic E-state index is -0.882. The minimum Gasteiger partial charge on any atom is -0.311 e. The first kappa shape index (κ1) is 19.8. The maximum absolute atomic E-state index is 12.5. The molecular weight excluding hydrogens is 324 g/mol. The van der Waals surface area contributed by atoms with Crippen molar-refractivity contribution in [3.63, 3.8) is 0 Å². The Morgan fingerprint density at radius 2 is 2.04 bits per heavy atom. The number of nitrogens with zero attached hydrogens (tertiary/aromatic N) is 2. The van der Waals surface area contributed by atoms with Crippen molar-refractivity contribution < 1.29 is 4.79 Å². The predicted molar refractivity (Wildman–Crippen MR) is 109 cm³/mol. The van der Waals surface area contributed by atoms with Crippen molar-refractivity contribution in [3.05, 3.63) is 54.2 Å². The minimum absolute atomic E-state index is 0.0776. The van der Waals surface area contributed by atoms with Crippen LogP contribution in [0.2, 0.25) is 0 Å². The first-order valence-corrected chi connectivity index (χ1v) is 9.12. The molecule has 2 aliphatic heterocycles. The SMILES string of the molecule is C=C/C(=C\N=C)c1ccc(C2(C)N=C(C3CCCN3)NC2=O)cc1.CC. The Balaban J connectivity index is 0.00000117. The van der Waals surface area contributed by atoms with Crippen LogP contribution in [0.1, 0.15) is 44.7 Å². The smallest absolute Gasteiger partial charge is 0.257 e. The van der Waals surface area contributed by atoms with Crippen LogP contribution in [0, 0.1) is 0 Å². The molecular formula is C21H28N4O. The molecule has 5 heteroatoms. The Kier molecular flexibility index (Phi) is 6.64. The highest BCUT2D eigenvalue weighted by atomic mass is 16.2. The first-order valence-electron chi connectivity index (χ1n) is 9.12. The van der Waals surface area contributed by atoms with Gasteiger partial charge in [0, 0.05) is 6.20 Å². The van der Waals surface area contributed by atoms with Crippen molar-refractivity contribution >= 4 is 24.0 Å². The van der Waals surface area contributed by atoms with Crippen LogP contribution < -0.4 is 10.6 Å². The normalized spacial score (nSPS) is 25.0. The zero-order valence-corrected chi connectivity index (χ0v) is 15.9. The third-order valence-electron chi connectivity index (χ3n) is 4.65. The number of amidine groups is 1. The maximum Gasteiger partial charge on any atom is 0.257 e. The molecule has 0 radical (unpaired) electrons. The number of rotatable bonds is 5. The highest BCUT2D eigenvalue weighted by Crippen LogP contribution is 2.31. The number of allylic oxidation sites excluding steroid dienone is 2. The first-order chi connectivity index (χ1) is 12.6. The molecule has 2 N–H and O–H groups in total. The second kappa shape index (κ2) is 8.72. The molecule has 2 aliphatic rings. The van der Waals surface area contributed by atoms with E-state index in [1.807, 2.05) is 45.0 Å². The summed E-state index contributed by atoms with van der Waals surface area (Å²) in [6, 6.07) is 7.93. The van der Waals surface area contributed by atoms with Crippen LogP contribution in [0.15, 0.2) is 53.1 Å². The van der Waals surface area contributed by atoms with E-state index in [0.717, 1.165) is 41.9 Å². The Morgan fingerprint density at radius 1 is 1.35 bits per heavy atom. The fourth-order valence-corrected chi connectivity index (χ4v) is 3.17. The lowest BCUT2D eigenvalue weighted by molar-refractivity contribution is -0.123. The third-order valence-corrected chi connectivity index (χ3v) is 4.65. The molecule has 2 unspecified atom stereocenters. The summed E-state index contributed by atoms with van der Waals surface area (Å²) in [5, 5.41) is 6.33. The summed E-state index contributed by atoms with van der Waals surface area (Å²) in [6.45, 7) is 14.1. The molecule has 2 heterocycles. The average Bonchev–Trinajstić information content (AvgIpc) is 3.31. The molecule has 1 fully saturated rings. The highest BCUT2D eigenvalue weighted by Gasteiger charge is 2.42. The number of carbonyl (C=O) groups is 1. The molecule has 1 amide bonds. The third kappa shape index (κ3) is 3.83. The Bertz CT molecular complexity index is 727. The zero-order chi connectivity index (χ0) is 19.2. The second-order valence-electron chi connectivity index (χ2n) is 6.22. The van der Waals surface area contributed by atoms with Crippen molar-refractivity contribution in [1.29, 1.82) is 0 Å². The molecule has 0 saturated carbocycles. The number of nitrogens with one attached hydrogen (secondary N) is 2. The molecule has 1 aromatic carbocycles. The van der Waals surface area contributed by atoms with E-state index in [9.17, 15) is 4.79 Å². The molecule has 1 aromatic rings. The van der Waals surface area contributed by atoms with Gasteiger partial charge in [0.25, 0.3) is 5.91 Å². The van der Waals surface area contributed by atoms with E-state index in [0.29, 0.717) is 0 Å². The monoisotopic (exact) mass is 352 g/mol. The van der Waals surface area contributed by atoms with E-state index < -0.39 is 5.54 Å². The largest absolute Gasteiger partial charge is 0.311 e. The Labute approximate surface area is 156 Å². The molecule has 2 atom stereocenters.